The molecule has 2 aliphatic rings. The molecule has 0 bridgehead atoms. The Kier molecular flexibility index (Phi) is 3.83. The van der Waals surface area contributed by atoms with E-state index in [0.29, 0.717) is 12.2 Å². The predicted octanol–water partition coefficient (Wildman–Crippen LogP) is 1.71. The molecule has 3 rings (SSSR count). The van der Waals surface area contributed by atoms with Gasteiger partial charge >= 0.3 is 0 Å². The SMILES string of the molecule is CCO[C@H]1C[C@H](O)C12CCN(c1ccc(C#N)cn1)CC2. The Labute approximate surface area is 125 Å². The normalized spacial score (nSPS) is 27.2. The Morgan fingerprint density at radius 2 is 2.24 bits per heavy atom. The lowest BCUT2D eigenvalue weighted by Gasteiger charge is -2.56. The highest BCUT2D eigenvalue weighted by molar-refractivity contribution is 5.42. The van der Waals surface area contributed by atoms with Crippen molar-refractivity contribution < 1.29 is 9.84 Å². The molecule has 1 aromatic heterocycles. The lowest BCUT2D eigenvalue weighted by atomic mass is 9.58. The molecule has 1 saturated carbocycles. The number of hydrogen-bond acceptors (Lipinski definition) is 5. The molecule has 0 amide bonds. The number of aliphatic hydroxyl groups excluding tert-OH is 1. The van der Waals surface area contributed by atoms with Crippen molar-refractivity contribution in [3.63, 3.8) is 0 Å². The molecular weight excluding hydrogens is 266 g/mol. The third kappa shape index (κ3) is 2.39. The van der Waals surface area contributed by atoms with Crippen LogP contribution in [0.15, 0.2) is 18.3 Å². The maximum atomic E-state index is 10.2. The number of ether oxygens (including phenoxy) is 1. The second-order valence-electron chi connectivity index (χ2n) is 5.93. The molecule has 0 aromatic carbocycles. The largest absolute Gasteiger partial charge is 0.392 e. The lowest BCUT2D eigenvalue weighted by molar-refractivity contribution is -0.199. The molecule has 1 aromatic rings. The minimum Gasteiger partial charge on any atom is -0.392 e. The summed E-state index contributed by atoms with van der Waals surface area (Å²) in [5.41, 5.74) is 0.525. The Balaban J connectivity index is 1.65. The molecule has 1 aliphatic heterocycles. The molecule has 112 valence electrons. The van der Waals surface area contributed by atoms with E-state index in [2.05, 4.69) is 16.0 Å². The summed E-state index contributed by atoms with van der Waals surface area (Å²) in [6.07, 6.45) is 4.21. The average molecular weight is 287 g/mol. The van der Waals surface area contributed by atoms with Gasteiger partial charge in [-0.05, 0) is 31.9 Å². The van der Waals surface area contributed by atoms with Gasteiger partial charge in [0.25, 0.3) is 0 Å². The number of aromatic nitrogens is 1. The van der Waals surface area contributed by atoms with Crippen molar-refractivity contribution in [1.29, 1.82) is 5.26 Å². The van der Waals surface area contributed by atoms with Crippen molar-refractivity contribution in [2.75, 3.05) is 24.6 Å². The molecule has 1 N–H and O–H groups in total. The molecule has 1 aliphatic carbocycles. The summed E-state index contributed by atoms with van der Waals surface area (Å²) in [4.78, 5) is 6.57. The first-order valence-electron chi connectivity index (χ1n) is 7.60. The van der Waals surface area contributed by atoms with Crippen molar-refractivity contribution in [3.8, 4) is 6.07 Å². The van der Waals surface area contributed by atoms with Crippen molar-refractivity contribution in [2.24, 2.45) is 5.41 Å². The molecule has 5 nitrogen and oxygen atoms in total. The number of piperidine rings is 1. The first kappa shape index (κ1) is 14.3. The zero-order valence-corrected chi connectivity index (χ0v) is 12.3. The van der Waals surface area contributed by atoms with Crippen LogP contribution in [0, 0.1) is 16.7 Å². The number of hydrogen-bond donors (Lipinski definition) is 1. The molecule has 2 fully saturated rings. The van der Waals surface area contributed by atoms with Gasteiger partial charge in [0, 0.05) is 37.7 Å². The molecule has 0 radical (unpaired) electrons. The van der Waals surface area contributed by atoms with E-state index in [9.17, 15) is 5.11 Å². The van der Waals surface area contributed by atoms with Gasteiger partial charge in [-0.2, -0.15) is 5.26 Å². The lowest BCUT2D eigenvalue weighted by Crippen LogP contribution is -2.62. The summed E-state index contributed by atoms with van der Waals surface area (Å²) in [5, 5.41) is 19.0. The van der Waals surface area contributed by atoms with Crippen LogP contribution in [0.1, 0.15) is 31.7 Å². The Morgan fingerprint density at radius 1 is 1.48 bits per heavy atom. The third-order valence-electron chi connectivity index (χ3n) is 5.01. The smallest absolute Gasteiger partial charge is 0.128 e. The summed E-state index contributed by atoms with van der Waals surface area (Å²) < 4.78 is 5.78. The summed E-state index contributed by atoms with van der Waals surface area (Å²) >= 11 is 0. The monoisotopic (exact) mass is 287 g/mol. The van der Waals surface area contributed by atoms with E-state index in [4.69, 9.17) is 10.00 Å². The zero-order valence-electron chi connectivity index (χ0n) is 12.3. The fourth-order valence-corrected chi connectivity index (χ4v) is 3.61. The van der Waals surface area contributed by atoms with Crippen LogP contribution in [0.3, 0.4) is 0 Å². The van der Waals surface area contributed by atoms with Crippen LogP contribution in [-0.4, -0.2) is 42.0 Å². The van der Waals surface area contributed by atoms with E-state index in [1.807, 2.05) is 13.0 Å². The Bertz CT molecular complexity index is 527. The van der Waals surface area contributed by atoms with Gasteiger partial charge in [-0.1, -0.05) is 0 Å². The zero-order chi connectivity index (χ0) is 14.9. The first-order valence-corrected chi connectivity index (χ1v) is 7.60. The topological polar surface area (TPSA) is 69.4 Å². The third-order valence-corrected chi connectivity index (χ3v) is 5.01. The molecule has 21 heavy (non-hydrogen) atoms. The van der Waals surface area contributed by atoms with Crippen LogP contribution in [0.2, 0.25) is 0 Å². The van der Waals surface area contributed by atoms with Gasteiger partial charge in [-0.15, -0.1) is 0 Å². The van der Waals surface area contributed by atoms with Crippen LogP contribution in [0.25, 0.3) is 0 Å². The van der Waals surface area contributed by atoms with E-state index in [1.165, 1.54) is 0 Å². The van der Waals surface area contributed by atoms with E-state index in [1.54, 1.807) is 12.3 Å². The number of nitrogens with zero attached hydrogens (tertiary/aromatic N) is 3. The number of rotatable bonds is 3. The van der Waals surface area contributed by atoms with Gasteiger partial charge in [0.1, 0.15) is 11.9 Å². The number of aliphatic hydroxyl groups is 1. The van der Waals surface area contributed by atoms with Crippen LogP contribution >= 0.6 is 0 Å². The average Bonchev–Trinajstić information content (AvgIpc) is 2.55. The number of nitriles is 1. The molecule has 5 heteroatoms. The second kappa shape index (κ2) is 5.63. The fraction of sp³-hybridized carbons (Fsp3) is 0.625. The van der Waals surface area contributed by atoms with Gasteiger partial charge < -0.3 is 14.7 Å². The minimum absolute atomic E-state index is 0.0564. The molecule has 2 atom stereocenters. The summed E-state index contributed by atoms with van der Waals surface area (Å²) in [6, 6.07) is 5.78. The van der Waals surface area contributed by atoms with Gasteiger partial charge in [0.15, 0.2) is 0 Å². The summed E-state index contributed by atoms with van der Waals surface area (Å²) in [5.74, 6) is 0.908. The second-order valence-corrected chi connectivity index (χ2v) is 5.93. The highest BCUT2D eigenvalue weighted by Crippen LogP contribution is 2.51. The number of pyridine rings is 1. The molecule has 1 saturated heterocycles. The van der Waals surface area contributed by atoms with Gasteiger partial charge in [-0.3, -0.25) is 0 Å². The first-order chi connectivity index (χ1) is 10.2. The van der Waals surface area contributed by atoms with Crippen molar-refractivity contribution in [1.82, 2.24) is 4.98 Å². The van der Waals surface area contributed by atoms with E-state index >= 15 is 0 Å². The van der Waals surface area contributed by atoms with Crippen LogP contribution < -0.4 is 4.90 Å². The number of anilines is 1. The van der Waals surface area contributed by atoms with Gasteiger partial charge in [0.05, 0.1) is 17.8 Å². The predicted molar refractivity (Wildman–Crippen MR) is 78.9 cm³/mol. The van der Waals surface area contributed by atoms with Crippen molar-refractivity contribution in [3.05, 3.63) is 23.9 Å². The van der Waals surface area contributed by atoms with Crippen LogP contribution in [0.4, 0.5) is 5.82 Å². The maximum Gasteiger partial charge on any atom is 0.128 e. The van der Waals surface area contributed by atoms with Crippen molar-refractivity contribution in [2.45, 2.75) is 38.4 Å². The highest BCUT2D eigenvalue weighted by Gasteiger charge is 2.56. The minimum atomic E-state index is -0.231. The Morgan fingerprint density at radius 3 is 2.76 bits per heavy atom. The molecule has 1 spiro atoms. The van der Waals surface area contributed by atoms with E-state index in [0.717, 1.165) is 38.2 Å². The van der Waals surface area contributed by atoms with E-state index < -0.39 is 0 Å². The molecule has 2 heterocycles. The van der Waals surface area contributed by atoms with Crippen LogP contribution in [0.5, 0.6) is 0 Å². The maximum absolute atomic E-state index is 10.2. The van der Waals surface area contributed by atoms with Gasteiger partial charge in [0.2, 0.25) is 0 Å². The molecular formula is C16H21N3O2. The molecule has 0 unspecified atom stereocenters. The van der Waals surface area contributed by atoms with Crippen molar-refractivity contribution >= 4 is 5.82 Å². The quantitative estimate of drug-likeness (QED) is 0.916. The fourth-order valence-electron chi connectivity index (χ4n) is 3.61. The van der Waals surface area contributed by atoms with Crippen LogP contribution in [-0.2, 0) is 4.74 Å². The highest BCUT2D eigenvalue weighted by atomic mass is 16.5. The summed E-state index contributed by atoms with van der Waals surface area (Å²) in [6.45, 7) is 4.47. The van der Waals surface area contributed by atoms with Gasteiger partial charge in [-0.25, -0.2) is 4.98 Å². The Hall–Kier alpha value is -1.64. The van der Waals surface area contributed by atoms with E-state index in [-0.39, 0.29) is 17.6 Å². The standard InChI is InChI=1S/C16H21N3O2/c1-2-21-14-9-13(20)16(14)5-7-19(8-6-16)15-4-3-12(10-17)11-18-15/h3-4,11,13-14,20H,2,5-9H2,1H3/t13-,14-/m0/s1. The summed E-state index contributed by atoms with van der Waals surface area (Å²) in [7, 11) is 0.